The zero-order valence-electron chi connectivity index (χ0n) is 30.0. The smallest absolute Gasteiger partial charge is 0.329 e. The van der Waals surface area contributed by atoms with E-state index < -0.39 is 41.0 Å². The third kappa shape index (κ3) is 8.44. The number of esters is 2. The number of ether oxygens (including phenoxy) is 4. The highest BCUT2D eigenvalue weighted by molar-refractivity contribution is 5.90. The standard InChI is InChI=1S/C39H53N3O7/c1-9-11-12-15-25-20-31(25)47-33(43)22-27(39(7)18-13-14-19-39)36(44)42-23-32(24(3)34(42)37(45)49-38(4,5)6)48-35-28(10-2)40-29-17-16-26(46-8)21-30(29)41-35/h9-10,16-17,21,24-25,27,31-32,34H,1-2,11-15,18-20,22-23H2,3-8H3/t24-,25-,27-,31-,32+,34+/m1/s1. The predicted octanol–water partition coefficient (Wildman–Crippen LogP) is 7.09. The average Bonchev–Trinajstić information content (AvgIpc) is 3.46. The van der Waals surface area contributed by atoms with Gasteiger partial charge in [0.25, 0.3) is 0 Å². The Bertz CT molecular complexity index is 1560. The van der Waals surface area contributed by atoms with Gasteiger partial charge in [-0.3, -0.25) is 9.59 Å². The van der Waals surface area contributed by atoms with Crippen molar-refractivity contribution in [2.24, 2.45) is 23.2 Å². The lowest BCUT2D eigenvalue weighted by atomic mass is 9.73. The SMILES string of the molecule is C=CCCC[C@@H]1C[C@H]1OC(=O)C[C@H](C(=O)N1C[C@H](Oc2nc3cc(OC)ccc3nc2C=C)[C@@H](C)[C@H]1C(=O)OC(C)(C)C)C1(C)CCCC1. The molecule has 6 atom stereocenters. The second-order valence-electron chi connectivity index (χ2n) is 15.3. The molecule has 2 heterocycles. The average molecular weight is 676 g/mol. The molecule has 3 aliphatic rings. The fourth-order valence-corrected chi connectivity index (χ4v) is 7.50. The van der Waals surface area contributed by atoms with Crippen LogP contribution in [0.3, 0.4) is 0 Å². The predicted molar refractivity (Wildman–Crippen MR) is 188 cm³/mol. The summed E-state index contributed by atoms with van der Waals surface area (Å²) in [5, 5.41) is 0. The molecule has 266 valence electrons. The molecule has 10 heteroatoms. The number of carbonyl (C=O) groups excluding carboxylic acids is 3. The number of aromatic nitrogens is 2. The highest BCUT2D eigenvalue weighted by atomic mass is 16.6. The van der Waals surface area contributed by atoms with Crippen molar-refractivity contribution in [3.63, 3.8) is 0 Å². The van der Waals surface area contributed by atoms with Gasteiger partial charge in [0, 0.05) is 12.0 Å². The summed E-state index contributed by atoms with van der Waals surface area (Å²) in [6.45, 7) is 17.2. The molecule has 3 fully saturated rings. The minimum absolute atomic E-state index is 0.0265. The molecule has 1 aromatic carbocycles. The molecule has 5 rings (SSSR count). The van der Waals surface area contributed by atoms with Crippen LogP contribution in [0.15, 0.2) is 37.4 Å². The zero-order valence-corrected chi connectivity index (χ0v) is 30.0. The summed E-state index contributed by atoms with van der Waals surface area (Å²) in [6.07, 6.45) is 10.2. The number of likely N-dealkylation sites (tertiary alicyclic amines) is 1. The Morgan fingerprint density at radius 2 is 1.84 bits per heavy atom. The number of allylic oxidation sites excluding steroid dienone is 1. The molecule has 1 amide bonds. The zero-order chi connectivity index (χ0) is 35.5. The van der Waals surface area contributed by atoms with Crippen molar-refractivity contribution in [3.8, 4) is 11.6 Å². The van der Waals surface area contributed by atoms with Gasteiger partial charge in [0.2, 0.25) is 11.8 Å². The Labute approximate surface area is 290 Å². The van der Waals surface area contributed by atoms with Crippen LogP contribution in [0.1, 0.15) is 98.1 Å². The van der Waals surface area contributed by atoms with E-state index in [9.17, 15) is 14.4 Å². The number of fused-ring (bicyclic) bond motifs is 1. The van der Waals surface area contributed by atoms with Gasteiger partial charge in [-0.1, -0.05) is 39.3 Å². The number of unbranched alkanes of at least 4 members (excludes halogenated alkanes) is 1. The van der Waals surface area contributed by atoms with Crippen molar-refractivity contribution >= 4 is 35.0 Å². The first kappa shape index (κ1) is 36.3. The lowest BCUT2D eigenvalue weighted by Gasteiger charge is -2.37. The van der Waals surface area contributed by atoms with Crippen molar-refractivity contribution in [3.05, 3.63) is 43.1 Å². The Balaban J connectivity index is 1.41. The van der Waals surface area contributed by atoms with Crippen molar-refractivity contribution in [2.75, 3.05) is 13.7 Å². The molecule has 49 heavy (non-hydrogen) atoms. The summed E-state index contributed by atoms with van der Waals surface area (Å²) in [6, 6.07) is 4.48. The number of benzene rings is 1. The highest BCUT2D eigenvalue weighted by Crippen LogP contribution is 2.48. The number of rotatable bonds is 14. The summed E-state index contributed by atoms with van der Waals surface area (Å²) >= 11 is 0. The van der Waals surface area contributed by atoms with Crippen molar-refractivity contribution in [1.82, 2.24) is 14.9 Å². The monoisotopic (exact) mass is 675 g/mol. The maximum absolute atomic E-state index is 14.8. The molecule has 0 unspecified atom stereocenters. The first-order valence-electron chi connectivity index (χ1n) is 17.8. The van der Waals surface area contributed by atoms with Crippen LogP contribution in [0.25, 0.3) is 17.1 Å². The van der Waals surface area contributed by atoms with Gasteiger partial charge in [-0.15, -0.1) is 6.58 Å². The molecule has 1 aromatic heterocycles. The quantitative estimate of drug-likeness (QED) is 0.118. The normalized spacial score (nSPS) is 25.0. The molecule has 2 saturated carbocycles. The fourth-order valence-electron chi connectivity index (χ4n) is 7.50. The summed E-state index contributed by atoms with van der Waals surface area (Å²) in [4.78, 5) is 53.1. The molecule has 2 aliphatic carbocycles. The summed E-state index contributed by atoms with van der Waals surface area (Å²) < 4.78 is 23.7. The van der Waals surface area contributed by atoms with Crippen LogP contribution < -0.4 is 9.47 Å². The second kappa shape index (κ2) is 14.9. The van der Waals surface area contributed by atoms with Crippen LogP contribution in [0.2, 0.25) is 0 Å². The van der Waals surface area contributed by atoms with E-state index in [4.69, 9.17) is 23.9 Å². The molecule has 0 spiro atoms. The Hall–Kier alpha value is -3.95. The highest BCUT2D eigenvalue weighted by Gasteiger charge is 2.53. The van der Waals surface area contributed by atoms with Gasteiger partial charge in [-0.2, -0.15) is 0 Å². The van der Waals surface area contributed by atoms with Crippen LogP contribution in [-0.4, -0.2) is 70.2 Å². The van der Waals surface area contributed by atoms with Gasteiger partial charge >= 0.3 is 11.9 Å². The van der Waals surface area contributed by atoms with Gasteiger partial charge < -0.3 is 23.8 Å². The number of carbonyl (C=O) groups is 3. The summed E-state index contributed by atoms with van der Waals surface area (Å²) in [5.41, 5.74) is 0.512. The van der Waals surface area contributed by atoms with Crippen LogP contribution in [-0.2, 0) is 23.9 Å². The molecular weight excluding hydrogens is 622 g/mol. The van der Waals surface area contributed by atoms with Crippen molar-refractivity contribution in [2.45, 2.75) is 116 Å². The molecule has 0 bridgehead atoms. The van der Waals surface area contributed by atoms with E-state index in [-0.39, 0.29) is 36.8 Å². The molecule has 2 aromatic rings. The maximum Gasteiger partial charge on any atom is 0.329 e. The number of hydrogen-bond acceptors (Lipinski definition) is 9. The van der Waals surface area contributed by atoms with Gasteiger partial charge in [0.1, 0.15) is 35.3 Å². The molecule has 10 nitrogen and oxygen atoms in total. The molecule has 1 saturated heterocycles. The minimum atomic E-state index is -0.918. The van der Waals surface area contributed by atoms with E-state index in [1.54, 1.807) is 44.9 Å². The topological polar surface area (TPSA) is 117 Å². The van der Waals surface area contributed by atoms with Crippen LogP contribution in [0.5, 0.6) is 11.6 Å². The van der Waals surface area contributed by atoms with E-state index in [0.29, 0.717) is 28.4 Å². The van der Waals surface area contributed by atoms with E-state index in [1.807, 2.05) is 25.1 Å². The minimum Gasteiger partial charge on any atom is -0.497 e. The second-order valence-corrected chi connectivity index (χ2v) is 15.3. The number of nitrogens with zero attached hydrogens (tertiary/aromatic N) is 3. The number of hydrogen-bond donors (Lipinski definition) is 0. The fraction of sp³-hybridized carbons (Fsp3) is 0.615. The number of amides is 1. The van der Waals surface area contributed by atoms with Crippen molar-refractivity contribution < 1.29 is 33.3 Å². The first-order chi connectivity index (χ1) is 23.3. The molecule has 1 aliphatic heterocycles. The van der Waals surface area contributed by atoms with Gasteiger partial charge in [0.05, 0.1) is 37.0 Å². The van der Waals surface area contributed by atoms with Crippen LogP contribution in [0, 0.1) is 23.2 Å². The van der Waals surface area contributed by atoms with Gasteiger partial charge in [-0.05, 0) is 88.8 Å². The molecule has 0 radical (unpaired) electrons. The third-order valence-corrected chi connectivity index (χ3v) is 10.4. The van der Waals surface area contributed by atoms with Gasteiger partial charge in [-0.25, -0.2) is 14.8 Å². The van der Waals surface area contributed by atoms with Gasteiger partial charge in [0.15, 0.2) is 0 Å². The molecular formula is C39H53N3O7. The van der Waals surface area contributed by atoms with E-state index in [1.165, 1.54) is 0 Å². The van der Waals surface area contributed by atoms with Crippen LogP contribution in [0.4, 0.5) is 0 Å². The molecule has 0 N–H and O–H groups in total. The van der Waals surface area contributed by atoms with Crippen molar-refractivity contribution in [1.29, 1.82) is 0 Å². The van der Waals surface area contributed by atoms with Crippen LogP contribution >= 0.6 is 0 Å². The summed E-state index contributed by atoms with van der Waals surface area (Å²) in [7, 11) is 1.58. The third-order valence-electron chi connectivity index (χ3n) is 10.4. The largest absolute Gasteiger partial charge is 0.497 e. The Morgan fingerprint density at radius 3 is 2.49 bits per heavy atom. The summed E-state index contributed by atoms with van der Waals surface area (Å²) in [5.74, 6) is -0.950. The Kier molecular flexibility index (Phi) is 11.0. The Morgan fingerprint density at radius 1 is 1.10 bits per heavy atom. The lowest BCUT2D eigenvalue weighted by molar-refractivity contribution is -0.167. The number of methoxy groups -OCH3 is 1. The van der Waals surface area contributed by atoms with E-state index in [2.05, 4.69) is 25.1 Å². The maximum atomic E-state index is 14.8. The first-order valence-corrected chi connectivity index (χ1v) is 17.8. The van der Waals surface area contributed by atoms with E-state index in [0.717, 1.165) is 51.4 Å². The van der Waals surface area contributed by atoms with E-state index >= 15 is 0 Å². The lowest BCUT2D eigenvalue weighted by Crippen LogP contribution is -2.50.